The lowest BCUT2D eigenvalue weighted by Crippen LogP contribution is -2.42. The molecule has 6 heteroatoms. The summed E-state index contributed by atoms with van der Waals surface area (Å²) in [4.78, 5) is 25.1. The molecular weight excluding hydrogens is 416 g/mol. The number of nitrogens with one attached hydrogen (secondary N) is 1. The lowest BCUT2D eigenvalue weighted by molar-refractivity contribution is 0.0879. The van der Waals surface area contributed by atoms with Crippen molar-refractivity contribution in [3.63, 3.8) is 0 Å². The molecular formula is C26H26N4OS. The third-order valence-corrected chi connectivity index (χ3v) is 6.99. The maximum Gasteiger partial charge on any atom is 0.261 e. The van der Waals surface area contributed by atoms with Crippen molar-refractivity contribution >= 4 is 28.1 Å². The first-order valence-corrected chi connectivity index (χ1v) is 12.0. The number of hydrogen-bond donors (Lipinski definition) is 1. The van der Waals surface area contributed by atoms with Crippen molar-refractivity contribution in [2.75, 3.05) is 13.1 Å². The molecule has 4 aromatic rings. The molecule has 3 aromatic heterocycles. The van der Waals surface area contributed by atoms with Crippen LogP contribution in [0.3, 0.4) is 0 Å². The Balaban J connectivity index is 1.34. The summed E-state index contributed by atoms with van der Waals surface area (Å²) in [5.41, 5.74) is 3.25. The van der Waals surface area contributed by atoms with E-state index in [1.165, 1.54) is 22.3 Å². The van der Waals surface area contributed by atoms with E-state index in [1.54, 1.807) is 0 Å². The standard InChI is InChI=1S/C26H26N4OS/c31-26(24-9-5-15-32-24)29-25(23-8-1-2-12-28-23)21-7-4-14-30(18-21)17-19-10-11-22-20(16-19)6-3-13-27-22/h1-3,5-6,8-13,15-16,21,25H,4,7,14,17-18H2,(H,29,31). The van der Waals surface area contributed by atoms with Gasteiger partial charge < -0.3 is 5.32 Å². The molecule has 1 saturated heterocycles. The topological polar surface area (TPSA) is 58.1 Å². The van der Waals surface area contributed by atoms with Crippen LogP contribution in [-0.4, -0.2) is 33.9 Å². The summed E-state index contributed by atoms with van der Waals surface area (Å²) in [6.45, 7) is 2.89. The Bertz CT molecular complexity index is 1180. The number of amides is 1. The molecule has 1 amide bonds. The maximum absolute atomic E-state index is 12.9. The highest BCUT2D eigenvalue weighted by atomic mass is 32.1. The zero-order valence-corrected chi connectivity index (χ0v) is 18.7. The van der Waals surface area contributed by atoms with Crippen LogP contribution >= 0.6 is 11.3 Å². The number of piperidine rings is 1. The Morgan fingerprint density at radius 2 is 2.03 bits per heavy atom. The molecule has 2 unspecified atom stereocenters. The third kappa shape index (κ3) is 4.71. The van der Waals surface area contributed by atoms with Gasteiger partial charge >= 0.3 is 0 Å². The highest BCUT2D eigenvalue weighted by Gasteiger charge is 2.31. The number of carbonyl (C=O) groups excluding carboxylic acids is 1. The molecule has 1 aliphatic heterocycles. The number of fused-ring (bicyclic) bond motifs is 1. The maximum atomic E-state index is 12.9. The van der Waals surface area contributed by atoms with Gasteiger partial charge in [0.2, 0.25) is 0 Å². The molecule has 162 valence electrons. The van der Waals surface area contributed by atoms with Crippen molar-refractivity contribution in [2.24, 2.45) is 5.92 Å². The molecule has 5 nitrogen and oxygen atoms in total. The second-order valence-electron chi connectivity index (χ2n) is 8.35. The zero-order valence-electron chi connectivity index (χ0n) is 17.9. The first-order chi connectivity index (χ1) is 15.8. The van der Waals surface area contributed by atoms with Crippen LogP contribution < -0.4 is 5.32 Å². The molecule has 0 aliphatic carbocycles. The molecule has 0 bridgehead atoms. The minimum Gasteiger partial charge on any atom is -0.343 e. The summed E-state index contributed by atoms with van der Waals surface area (Å²) < 4.78 is 0. The average molecular weight is 443 g/mol. The van der Waals surface area contributed by atoms with Gasteiger partial charge in [0.25, 0.3) is 5.91 Å². The monoisotopic (exact) mass is 442 g/mol. The van der Waals surface area contributed by atoms with E-state index in [0.29, 0.717) is 5.92 Å². The fourth-order valence-electron chi connectivity index (χ4n) is 4.60. The fourth-order valence-corrected chi connectivity index (χ4v) is 5.23. The normalized spacial score (nSPS) is 17.8. The highest BCUT2D eigenvalue weighted by molar-refractivity contribution is 7.12. The van der Waals surface area contributed by atoms with E-state index in [4.69, 9.17) is 0 Å². The lowest BCUT2D eigenvalue weighted by atomic mass is 9.88. The number of likely N-dealkylation sites (tertiary alicyclic amines) is 1. The zero-order chi connectivity index (χ0) is 21.8. The largest absolute Gasteiger partial charge is 0.343 e. The van der Waals surface area contributed by atoms with E-state index in [9.17, 15) is 4.79 Å². The van der Waals surface area contributed by atoms with Crippen LogP contribution in [0.4, 0.5) is 0 Å². The number of rotatable bonds is 6. The number of nitrogens with zero attached hydrogens (tertiary/aromatic N) is 3. The summed E-state index contributed by atoms with van der Waals surface area (Å²) in [6.07, 6.45) is 5.82. The minimum atomic E-state index is -0.102. The summed E-state index contributed by atoms with van der Waals surface area (Å²) in [7, 11) is 0. The minimum absolute atomic E-state index is 0.0187. The predicted molar refractivity (Wildman–Crippen MR) is 129 cm³/mol. The van der Waals surface area contributed by atoms with E-state index < -0.39 is 0 Å². The van der Waals surface area contributed by atoms with Crippen molar-refractivity contribution < 1.29 is 4.79 Å². The van der Waals surface area contributed by atoms with Gasteiger partial charge in [0.05, 0.1) is 22.1 Å². The van der Waals surface area contributed by atoms with Crippen molar-refractivity contribution in [3.05, 3.63) is 94.6 Å². The Hall–Kier alpha value is -3.09. The molecule has 32 heavy (non-hydrogen) atoms. The number of pyridine rings is 2. The van der Waals surface area contributed by atoms with Crippen LogP contribution in [0.5, 0.6) is 0 Å². The van der Waals surface area contributed by atoms with E-state index in [2.05, 4.69) is 44.5 Å². The van der Waals surface area contributed by atoms with Crippen LogP contribution in [0.2, 0.25) is 0 Å². The van der Waals surface area contributed by atoms with Crippen LogP contribution in [0.1, 0.15) is 39.8 Å². The van der Waals surface area contributed by atoms with E-state index in [1.807, 2.05) is 54.2 Å². The van der Waals surface area contributed by atoms with Gasteiger partial charge in [0.15, 0.2) is 0 Å². The summed E-state index contributed by atoms with van der Waals surface area (Å²) in [5.74, 6) is 0.291. The molecule has 4 heterocycles. The van der Waals surface area contributed by atoms with Crippen LogP contribution in [0.25, 0.3) is 10.9 Å². The Kier molecular flexibility index (Phi) is 6.23. The molecule has 1 fully saturated rings. The van der Waals surface area contributed by atoms with Crippen LogP contribution in [0, 0.1) is 5.92 Å². The van der Waals surface area contributed by atoms with Gasteiger partial charge in [-0.2, -0.15) is 0 Å². The number of benzene rings is 1. The first kappa shape index (κ1) is 20.8. The van der Waals surface area contributed by atoms with Crippen molar-refractivity contribution in [3.8, 4) is 0 Å². The second kappa shape index (κ2) is 9.59. The summed E-state index contributed by atoms with van der Waals surface area (Å²) >= 11 is 1.47. The number of carbonyl (C=O) groups is 1. The van der Waals surface area contributed by atoms with Gasteiger partial charge in [-0.05, 0) is 72.6 Å². The molecule has 1 aliphatic rings. The van der Waals surface area contributed by atoms with Gasteiger partial charge in [0.1, 0.15) is 0 Å². The molecule has 5 rings (SSSR count). The predicted octanol–water partition coefficient (Wildman–Crippen LogP) is 5.07. The highest BCUT2D eigenvalue weighted by Crippen LogP contribution is 2.30. The van der Waals surface area contributed by atoms with Crippen LogP contribution in [0.15, 0.2) is 78.4 Å². The van der Waals surface area contributed by atoms with E-state index in [-0.39, 0.29) is 11.9 Å². The number of thiophene rings is 1. The number of aromatic nitrogens is 2. The molecule has 1 N–H and O–H groups in total. The smallest absolute Gasteiger partial charge is 0.261 e. The van der Waals surface area contributed by atoms with Gasteiger partial charge in [-0.3, -0.25) is 19.7 Å². The lowest BCUT2D eigenvalue weighted by Gasteiger charge is -2.37. The Morgan fingerprint density at radius 3 is 2.88 bits per heavy atom. The fraction of sp³-hybridized carbons (Fsp3) is 0.269. The molecule has 0 spiro atoms. The molecule has 0 saturated carbocycles. The second-order valence-corrected chi connectivity index (χ2v) is 9.30. The van der Waals surface area contributed by atoms with Crippen molar-refractivity contribution in [1.82, 2.24) is 20.2 Å². The van der Waals surface area contributed by atoms with Gasteiger partial charge in [0, 0.05) is 30.9 Å². The SMILES string of the molecule is O=C(NC(c1ccccn1)C1CCCN(Cc2ccc3ncccc3c2)C1)c1cccs1. The van der Waals surface area contributed by atoms with Crippen molar-refractivity contribution in [1.29, 1.82) is 0 Å². The third-order valence-electron chi connectivity index (χ3n) is 6.12. The summed E-state index contributed by atoms with van der Waals surface area (Å²) in [6, 6.07) is 20.2. The van der Waals surface area contributed by atoms with E-state index >= 15 is 0 Å². The molecule has 2 atom stereocenters. The van der Waals surface area contributed by atoms with Gasteiger partial charge in [-0.1, -0.05) is 24.3 Å². The first-order valence-electron chi connectivity index (χ1n) is 11.1. The molecule has 1 aromatic carbocycles. The summed E-state index contributed by atoms with van der Waals surface area (Å²) in [5, 5.41) is 6.40. The van der Waals surface area contributed by atoms with E-state index in [0.717, 1.165) is 48.6 Å². The average Bonchev–Trinajstić information content (AvgIpc) is 3.38. The van der Waals surface area contributed by atoms with Gasteiger partial charge in [-0.25, -0.2) is 0 Å². The quantitative estimate of drug-likeness (QED) is 0.453. The van der Waals surface area contributed by atoms with Crippen molar-refractivity contribution in [2.45, 2.75) is 25.4 Å². The molecule has 0 radical (unpaired) electrons. The van der Waals surface area contributed by atoms with Gasteiger partial charge in [-0.15, -0.1) is 11.3 Å². The number of hydrogen-bond acceptors (Lipinski definition) is 5. The Labute approximate surface area is 192 Å². The Morgan fingerprint density at radius 1 is 1.09 bits per heavy atom. The van der Waals surface area contributed by atoms with Crippen LogP contribution in [-0.2, 0) is 6.54 Å².